The summed E-state index contributed by atoms with van der Waals surface area (Å²) in [5.74, 6) is 0.222. The fourth-order valence-electron chi connectivity index (χ4n) is 4.71. The number of hydrogen-bond donors (Lipinski definition) is 1. The van der Waals surface area contributed by atoms with E-state index in [4.69, 9.17) is 9.84 Å². The zero-order chi connectivity index (χ0) is 25.8. The molecular formula is C30H30N4O3. The summed E-state index contributed by atoms with van der Waals surface area (Å²) >= 11 is 0. The van der Waals surface area contributed by atoms with Gasteiger partial charge in [0, 0.05) is 17.7 Å². The van der Waals surface area contributed by atoms with Crippen molar-refractivity contribution in [3.8, 4) is 17.0 Å². The van der Waals surface area contributed by atoms with Crippen LogP contribution in [0.1, 0.15) is 35.5 Å². The number of hydrogen-bond acceptors (Lipinski definition) is 4. The maximum Gasteiger partial charge on any atom is 0.273 e. The second-order valence-electron chi connectivity index (χ2n) is 9.31. The predicted octanol–water partition coefficient (Wildman–Crippen LogP) is 4.68. The summed E-state index contributed by atoms with van der Waals surface area (Å²) in [6, 6.07) is 28.9. The van der Waals surface area contributed by atoms with Crippen molar-refractivity contribution in [1.82, 2.24) is 20.0 Å². The largest absolute Gasteiger partial charge is 0.494 e. The minimum atomic E-state index is -1.17. The first-order chi connectivity index (χ1) is 18.0. The number of rotatable bonds is 8. The Morgan fingerprint density at radius 2 is 1.68 bits per heavy atom. The molecule has 3 aromatic carbocycles. The Morgan fingerprint density at radius 3 is 2.41 bits per heavy atom. The summed E-state index contributed by atoms with van der Waals surface area (Å²) in [7, 11) is 0. The molecule has 1 atom stereocenters. The van der Waals surface area contributed by atoms with Crippen LogP contribution in [0.5, 0.6) is 5.75 Å². The average Bonchev–Trinajstić information content (AvgIpc) is 3.36. The Morgan fingerprint density at radius 1 is 1.00 bits per heavy atom. The first-order valence-electron chi connectivity index (χ1n) is 12.5. The van der Waals surface area contributed by atoms with Crippen LogP contribution in [0.15, 0.2) is 91.0 Å². The van der Waals surface area contributed by atoms with E-state index in [1.165, 1.54) is 0 Å². The van der Waals surface area contributed by atoms with E-state index in [-0.39, 0.29) is 24.9 Å². The zero-order valence-electron chi connectivity index (χ0n) is 21.1. The standard InChI is InChI=1S/C30H30N4O3/c1-3-37-27-17-11-10-16-24(27)20-33-28(35)26-18-25(23-14-8-5-9-15-23)32-34(26)21-30(33,2)29(36)31-19-22-12-6-4-7-13-22/h4-18H,3,19-21H2,1-2H3,(H,31,36)/t30-/m0/s1. The minimum absolute atomic E-state index is 0.232. The highest BCUT2D eigenvalue weighted by atomic mass is 16.5. The van der Waals surface area contributed by atoms with Gasteiger partial charge < -0.3 is 15.0 Å². The van der Waals surface area contributed by atoms with Gasteiger partial charge in [-0.25, -0.2) is 0 Å². The summed E-state index contributed by atoms with van der Waals surface area (Å²) in [5, 5.41) is 7.77. The maximum atomic E-state index is 14.0. The van der Waals surface area contributed by atoms with Crippen LogP contribution in [0.4, 0.5) is 0 Å². The molecule has 37 heavy (non-hydrogen) atoms. The van der Waals surface area contributed by atoms with Gasteiger partial charge in [-0.1, -0.05) is 78.9 Å². The van der Waals surface area contributed by atoms with Crippen LogP contribution >= 0.6 is 0 Å². The molecule has 0 radical (unpaired) electrons. The summed E-state index contributed by atoms with van der Waals surface area (Å²) in [6.45, 7) is 5.07. The van der Waals surface area contributed by atoms with E-state index in [1.807, 2.05) is 91.9 Å². The molecule has 7 heteroatoms. The van der Waals surface area contributed by atoms with Crippen LogP contribution < -0.4 is 10.1 Å². The van der Waals surface area contributed by atoms with Crippen LogP contribution in [-0.4, -0.2) is 38.6 Å². The van der Waals surface area contributed by atoms with Crippen LogP contribution in [-0.2, 0) is 24.4 Å². The molecule has 0 spiro atoms. The Labute approximate surface area is 216 Å². The number of nitrogens with one attached hydrogen (secondary N) is 1. The van der Waals surface area contributed by atoms with Gasteiger partial charge >= 0.3 is 0 Å². The van der Waals surface area contributed by atoms with E-state index in [0.29, 0.717) is 30.3 Å². The number of para-hydroxylation sites is 1. The van der Waals surface area contributed by atoms with Gasteiger partial charge in [-0.3, -0.25) is 14.3 Å². The van der Waals surface area contributed by atoms with Gasteiger partial charge in [-0.05, 0) is 31.5 Å². The Kier molecular flexibility index (Phi) is 6.77. The SMILES string of the molecule is CCOc1ccccc1CN1C(=O)c2cc(-c3ccccc3)nn2C[C@@]1(C)C(=O)NCc1ccccc1. The molecule has 2 heterocycles. The highest BCUT2D eigenvalue weighted by Crippen LogP contribution is 2.33. The van der Waals surface area contributed by atoms with Crippen molar-refractivity contribution in [1.29, 1.82) is 0 Å². The van der Waals surface area contributed by atoms with Crippen LogP contribution in [0.25, 0.3) is 11.3 Å². The highest BCUT2D eigenvalue weighted by Gasteiger charge is 2.48. The molecule has 0 unspecified atom stereocenters. The number of nitrogens with zero attached hydrogens (tertiary/aromatic N) is 3. The molecule has 0 saturated heterocycles. The third-order valence-electron chi connectivity index (χ3n) is 6.75. The van der Waals surface area contributed by atoms with Crippen molar-refractivity contribution in [2.45, 2.75) is 39.0 Å². The molecule has 5 rings (SSSR count). The Balaban J connectivity index is 1.51. The number of fused-ring (bicyclic) bond motifs is 1. The molecular weight excluding hydrogens is 464 g/mol. The number of carbonyl (C=O) groups is 2. The molecule has 0 fully saturated rings. The predicted molar refractivity (Wildman–Crippen MR) is 142 cm³/mol. The number of carbonyl (C=O) groups excluding carboxylic acids is 2. The minimum Gasteiger partial charge on any atom is -0.494 e. The molecule has 1 aromatic heterocycles. The second kappa shape index (κ2) is 10.3. The summed E-state index contributed by atoms with van der Waals surface area (Å²) in [5.41, 5.74) is 2.74. The summed E-state index contributed by atoms with van der Waals surface area (Å²) < 4.78 is 7.49. The molecule has 188 valence electrons. The van der Waals surface area contributed by atoms with E-state index in [0.717, 1.165) is 16.7 Å². The molecule has 0 saturated carbocycles. The van der Waals surface area contributed by atoms with Gasteiger partial charge in [0.05, 0.1) is 25.4 Å². The zero-order valence-corrected chi connectivity index (χ0v) is 21.1. The number of amides is 2. The van der Waals surface area contributed by atoms with E-state index in [1.54, 1.807) is 22.6 Å². The Hall–Kier alpha value is -4.39. The summed E-state index contributed by atoms with van der Waals surface area (Å²) in [6.07, 6.45) is 0. The van der Waals surface area contributed by atoms with Gasteiger partial charge in [0.1, 0.15) is 17.0 Å². The second-order valence-corrected chi connectivity index (χ2v) is 9.31. The Bertz CT molecular complexity index is 1400. The van der Waals surface area contributed by atoms with E-state index < -0.39 is 5.54 Å². The first kappa shape index (κ1) is 24.3. The maximum absolute atomic E-state index is 14.0. The van der Waals surface area contributed by atoms with E-state index >= 15 is 0 Å². The molecule has 4 aromatic rings. The van der Waals surface area contributed by atoms with Crippen molar-refractivity contribution in [3.63, 3.8) is 0 Å². The number of benzene rings is 3. The molecule has 0 bridgehead atoms. The fraction of sp³-hybridized carbons (Fsp3) is 0.233. The molecule has 1 N–H and O–H groups in total. The quantitative estimate of drug-likeness (QED) is 0.386. The molecule has 1 aliphatic heterocycles. The summed E-state index contributed by atoms with van der Waals surface area (Å²) in [4.78, 5) is 29.4. The number of aromatic nitrogens is 2. The molecule has 0 aliphatic carbocycles. The normalized spacial score (nSPS) is 16.8. The van der Waals surface area contributed by atoms with E-state index in [9.17, 15) is 9.59 Å². The van der Waals surface area contributed by atoms with Crippen molar-refractivity contribution in [2.75, 3.05) is 6.61 Å². The van der Waals surface area contributed by atoms with Gasteiger partial charge in [0.2, 0.25) is 5.91 Å². The van der Waals surface area contributed by atoms with Gasteiger partial charge in [0.25, 0.3) is 5.91 Å². The van der Waals surface area contributed by atoms with Crippen molar-refractivity contribution in [2.24, 2.45) is 0 Å². The van der Waals surface area contributed by atoms with Crippen molar-refractivity contribution < 1.29 is 14.3 Å². The third-order valence-corrected chi connectivity index (χ3v) is 6.75. The third kappa shape index (κ3) is 4.85. The molecule has 2 amide bonds. The monoisotopic (exact) mass is 494 g/mol. The van der Waals surface area contributed by atoms with Crippen molar-refractivity contribution >= 4 is 11.8 Å². The first-order valence-corrected chi connectivity index (χ1v) is 12.5. The lowest BCUT2D eigenvalue weighted by atomic mass is 9.93. The van der Waals surface area contributed by atoms with Crippen LogP contribution in [0, 0.1) is 0 Å². The van der Waals surface area contributed by atoms with Crippen LogP contribution in [0.2, 0.25) is 0 Å². The molecule has 7 nitrogen and oxygen atoms in total. The topological polar surface area (TPSA) is 76.5 Å². The smallest absolute Gasteiger partial charge is 0.273 e. The fourth-order valence-corrected chi connectivity index (χ4v) is 4.71. The lowest BCUT2D eigenvalue weighted by Crippen LogP contribution is -2.63. The lowest BCUT2D eigenvalue weighted by Gasteiger charge is -2.43. The lowest BCUT2D eigenvalue weighted by molar-refractivity contribution is -0.133. The van der Waals surface area contributed by atoms with Gasteiger partial charge in [-0.2, -0.15) is 5.10 Å². The van der Waals surface area contributed by atoms with Crippen molar-refractivity contribution in [3.05, 3.63) is 108 Å². The number of ether oxygens (including phenoxy) is 1. The molecule has 1 aliphatic rings. The average molecular weight is 495 g/mol. The van der Waals surface area contributed by atoms with Gasteiger partial charge in [0.15, 0.2) is 0 Å². The highest BCUT2D eigenvalue weighted by molar-refractivity contribution is 6.00. The van der Waals surface area contributed by atoms with Crippen LogP contribution in [0.3, 0.4) is 0 Å². The van der Waals surface area contributed by atoms with E-state index in [2.05, 4.69) is 5.32 Å². The van der Waals surface area contributed by atoms with Gasteiger partial charge in [-0.15, -0.1) is 0 Å².